The van der Waals surface area contributed by atoms with E-state index in [0.29, 0.717) is 5.58 Å². The minimum absolute atomic E-state index is 0.244. The van der Waals surface area contributed by atoms with Crippen molar-refractivity contribution in [1.29, 1.82) is 0 Å². The Balaban J connectivity index is 1.95. The lowest BCUT2D eigenvalue weighted by molar-refractivity contribution is 0.547. The minimum Gasteiger partial charge on any atom is -0.460 e. The van der Waals surface area contributed by atoms with E-state index < -0.39 is 0 Å². The second-order valence-electron chi connectivity index (χ2n) is 4.77. The standard InChI is InChI=1S/C16H11FO/c17-12-5-6-13-14-7-10-3-1-2-4-11(10)8-15(14)18-16(13)9-12/h1-6,9H,7-8H2. The van der Waals surface area contributed by atoms with Gasteiger partial charge in [-0.1, -0.05) is 24.3 Å². The van der Waals surface area contributed by atoms with Crippen LogP contribution < -0.4 is 0 Å². The van der Waals surface area contributed by atoms with Crippen LogP contribution >= 0.6 is 0 Å². The first-order valence-corrected chi connectivity index (χ1v) is 6.08. The van der Waals surface area contributed by atoms with Gasteiger partial charge in [-0.05, 0) is 23.3 Å². The van der Waals surface area contributed by atoms with E-state index in [1.165, 1.54) is 28.8 Å². The van der Waals surface area contributed by atoms with Crippen LogP contribution in [0, 0.1) is 5.82 Å². The summed E-state index contributed by atoms with van der Waals surface area (Å²) in [7, 11) is 0. The van der Waals surface area contributed by atoms with Gasteiger partial charge < -0.3 is 4.42 Å². The van der Waals surface area contributed by atoms with Crippen molar-refractivity contribution in [3.05, 3.63) is 70.7 Å². The van der Waals surface area contributed by atoms with Crippen LogP contribution in [0.1, 0.15) is 22.5 Å². The summed E-state index contributed by atoms with van der Waals surface area (Å²) in [5.41, 5.74) is 4.53. The molecule has 3 aromatic rings. The molecule has 0 unspecified atom stereocenters. The molecule has 2 heteroatoms. The number of benzene rings is 2. The van der Waals surface area contributed by atoms with Gasteiger partial charge >= 0.3 is 0 Å². The van der Waals surface area contributed by atoms with Crippen molar-refractivity contribution in [2.45, 2.75) is 12.8 Å². The maximum absolute atomic E-state index is 13.2. The van der Waals surface area contributed by atoms with Crippen LogP contribution in [-0.2, 0) is 12.8 Å². The second kappa shape index (κ2) is 3.45. The molecule has 0 bridgehead atoms. The van der Waals surface area contributed by atoms with E-state index >= 15 is 0 Å². The highest BCUT2D eigenvalue weighted by atomic mass is 19.1. The Bertz CT molecular complexity index is 755. The van der Waals surface area contributed by atoms with Gasteiger partial charge in [0.25, 0.3) is 0 Å². The first kappa shape index (κ1) is 9.89. The molecule has 18 heavy (non-hydrogen) atoms. The zero-order chi connectivity index (χ0) is 12.1. The van der Waals surface area contributed by atoms with E-state index in [2.05, 4.69) is 18.2 Å². The number of fused-ring (bicyclic) bond motifs is 4. The third-order valence-corrected chi connectivity index (χ3v) is 3.68. The normalized spacial score (nSPS) is 13.4. The molecule has 0 aliphatic heterocycles. The SMILES string of the molecule is Fc1ccc2c3c(oc2c1)Cc1ccccc1C3. The Kier molecular flexibility index (Phi) is 1.90. The average molecular weight is 238 g/mol. The molecule has 1 heterocycles. The van der Waals surface area contributed by atoms with Crippen LogP contribution in [0.3, 0.4) is 0 Å². The summed E-state index contributed by atoms with van der Waals surface area (Å²) in [6.07, 6.45) is 1.69. The smallest absolute Gasteiger partial charge is 0.137 e. The predicted molar refractivity (Wildman–Crippen MR) is 68.2 cm³/mol. The van der Waals surface area contributed by atoms with Gasteiger partial charge in [0.1, 0.15) is 17.2 Å². The van der Waals surface area contributed by atoms with Crippen LogP contribution in [0.15, 0.2) is 46.9 Å². The fraction of sp³-hybridized carbons (Fsp3) is 0.125. The lowest BCUT2D eigenvalue weighted by Crippen LogP contribution is -2.04. The number of hydrogen-bond acceptors (Lipinski definition) is 1. The Morgan fingerprint density at radius 1 is 0.944 bits per heavy atom. The second-order valence-corrected chi connectivity index (χ2v) is 4.77. The number of hydrogen-bond donors (Lipinski definition) is 0. The van der Waals surface area contributed by atoms with Crippen molar-refractivity contribution in [3.63, 3.8) is 0 Å². The first-order chi connectivity index (χ1) is 8.81. The maximum Gasteiger partial charge on any atom is 0.137 e. The number of rotatable bonds is 0. The molecule has 0 spiro atoms. The van der Waals surface area contributed by atoms with Gasteiger partial charge in [-0.15, -0.1) is 0 Å². The molecule has 0 amide bonds. The summed E-state index contributed by atoms with van der Waals surface area (Å²) in [5, 5.41) is 1.04. The fourth-order valence-corrected chi connectivity index (χ4v) is 2.78. The first-order valence-electron chi connectivity index (χ1n) is 6.08. The lowest BCUT2D eigenvalue weighted by Gasteiger charge is -2.14. The summed E-state index contributed by atoms with van der Waals surface area (Å²) >= 11 is 0. The average Bonchev–Trinajstić information content (AvgIpc) is 2.72. The predicted octanol–water partition coefficient (Wildman–Crippen LogP) is 4.07. The van der Waals surface area contributed by atoms with Crippen molar-refractivity contribution in [3.8, 4) is 0 Å². The molecule has 1 aliphatic rings. The van der Waals surface area contributed by atoms with Crippen molar-refractivity contribution in [2.75, 3.05) is 0 Å². The molecule has 88 valence electrons. The molecule has 0 saturated carbocycles. The molecule has 4 rings (SSSR count). The fourth-order valence-electron chi connectivity index (χ4n) is 2.78. The van der Waals surface area contributed by atoms with E-state index in [0.717, 1.165) is 24.0 Å². The molecule has 0 radical (unpaired) electrons. The monoisotopic (exact) mass is 238 g/mol. The summed E-state index contributed by atoms with van der Waals surface area (Å²) < 4.78 is 19.0. The third-order valence-electron chi connectivity index (χ3n) is 3.68. The van der Waals surface area contributed by atoms with E-state index in [1.807, 2.05) is 12.1 Å². The van der Waals surface area contributed by atoms with Crippen molar-refractivity contribution < 1.29 is 8.81 Å². The van der Waals surface area contributed by atoms with Crippen LogP contribution in [0.25, 0.3) is 11.0 Å². The highest BCUT2D eigenvalue weighted by molar-refractivity contribution is 5.83. The van der Waals surface area contributed by atoms with E-state index in [1.54, 1.807) is 0 Å². The van der Waals surface area contributed by atoms with Crippen LogP contribution in [0.4, 0.5) is 4.39 Å². The van der Waals surface area contributed by atoms with Crippen molar-refractivity contribution in [1.82, 2.24) is 0 Å². The largest absolute Gasteiger partial charge is 0.460 e. The topological polar surface area (TPSA) is 13.1 Å². The van der Waals surface area contributed by atoms with Gasteiger partial charge in [0.05, 0.1) is 0 Å². The third kappa shape index (κ3) is 1.32. The zero-order valence-corrected chi connectivity index (χ0v) is 9.74. The number of halogens is 1. The zero-order valence-electron chi connectivity index (χ0n) is 9.74. The van der Waals surface area contributed by atoms with Crippen LogP contribution in [0.2, 0.25) is 0 Å². The van der Waals surface area contributed by atoms with Gasteiger partial charge in [-0.2, -0.15) is 0 Å². The van der Waals surface area contributed by atoms with Crippen molar-refractivity contribution >= 4 is 11.0 Å². The van der Waals surface area contributed by atoms with Gasteiger partial charge in [-0.25, -0.2) is 4.39 Å². The van der Waals surface area contributed by atoms with Crippen LogP contribution in [-0.4, -0.2) is 0 Å². The molecular weight excluding hydrogens is 227 g/mol. The molecule has 1 nitrogen and oxygen atoms in total. The quantitative estimate of drug-likeness (QED) is 0.450. The molecule has 1 aromatic heterocycles. The van der Waals surface area contributed by atoms with Gasteiger partial charge in [0, 0.05) is 29.9 Å². The van der Waals surface area contributed by atoms with Gasteiger partial charge in [0.2, 0.25) is 0 Å². The van der Waals surface area contributed by atoms with Gasteiger partial charge in [-0.3, -0.25) is 0 Å². The van der Waals surface area contributed by atoms with Crippen LogP contribution in [0.5, 0.6) is 0 Å². The molecular formula is C16H11FO. The Labute approximate surface area is 104 Å². The Morgan fingerprint density at radius 3 is 2.56 bits per heavy atom. The van der Waals surface area contributed by atoms with Gasteiger partial charge in [0.15, 0.2) is 0 Å². The van der Waals surface area contributed by atoms with E-state index in [-0.39, 0.29) is 5.82 Å². The molecule has 0 fully saturated rings. The molecule has 1 aliphatic carbocycles. The Hall–Kier alpha value is -2.09. The molecule has 0 atom stereocenters. The highest BCUT2D eigenvalue weighted by Crippen LogP contribution is 2.34. The maximum atomic E-state index is 13.2. The summed E-state index contributed by atoms with van der Waals surface area (Å²) in [6.45, 7) is 0. The highest BCUT2D eigenvalue weighted by Gasteiger charge is 2.21. The summed E-state index contributed by atoms with van der Waals surface area (Å²) in [5.74, 6) is 0.736. The van der Waals surface area contributed by atoms with Crippen molar-refractivity contribution in [2.24, 2.45) is 0 Å². The minimum atomic E-state index is -0.244. The summed E-state index contributed by atoms with van der Waals surface area (Å²) in [6, 6.07) is 13.2. The Morgan fingerprint density at radius 2 is 1.72 bits per heavy atom. The molecule has 0 N–H and O–H groups in total. The van der Waals surface area contributed by atoms with E-state index in [9.17, 15) is 4.39 Å². The molecule has 2 aromatic carbocycles. The lowest BCUT2D eigenvalue weighted by atomic mass is 9.89. The summed E-state index contributed by atoms with van der Waals surface area (Å²) in [4.78, 5) is 0. The number of furan rings is 1. The molecule has 0 saturated heterocycles. The van der Waals surface area contributed by atoms with E-state index in [4.69, 9.17) is 4.42 Å².